The highest BCUT2D eigenvalue weighted by molar-refractivity contribution is 6.04. The number of amides is 1. The van der Waals surface area contributed by atoms with Crippen molar-refractivity contribution in [2.75, 3.05) is 11.9 Å². The molecule has 3 aromatic rings. The largest absolute Gasteiger partial charge is 0.489 e. The van der Waals surface area contributed by atoms with Crippen LogP contribution in [0.4, 0.5) is 18.9 Å². The first-order chi connectivity index (χ1) is 13.0. The van der Waals surface area contributed by atoms with E-state index >= 15 is 0 Å². The number of nitrogens with one attached hydrogen (secondary N) is 1. The van der Waals surface area contributed by atoms with E-state index in [1.807, 2.05) is 6.92 Å². The summed E-state index contributed by atoms with van der Waals surface area (Å²) in [5, 5.41) is 6.52. The van der Waals surface area contributed by atoms with Gasteiger partial charge in [-0.25, -0.2) is 17.9 Å². The average Bonchev–Trinajstić information content (AvgIpc) is 3.07. The van der Waals surface area contributed by atoms with Crippen LogP contribution in [0.15, 0.2) is 48.7 Å². The zero-order chi connectivity index (χ0) is 19.4. The molecule has 140 valence electrons. The van der Waals surface area contributed by atoms with Crippen molar-refractivity contribution >= 4 is 11.6 Å². The number of aromatic nitrogens is 2. The zero-order valence-corrected chi connectivity index (χ0v) is 14.4. The maximum Gasteiger partial charge on any atom is 0.280 e. The van der Waals surface area contributed by atoms with Crippen LogP contribution in [0, 0.1) is 17.5 Å². The lowest BCUT2D eigenvalue weighted by Gasteiger charge is -2.07. The first-order valence-corrected chi connectivity index (χ1v) is 8.22. The number of hydrogen-bond acceptors (Lipinski definition) is 3. The number of rotatable bonds is 6. The first-order valence-electron chi connectivity index (χ1n) is 8.22. The summed E-state index contributed by atoms with van der Waals surface area (Å²) >= 11 is 0. The van der Waals surface area contributed by atoms with Crippen molar-refractivity contribution in [3.63, 3.8) is 0 Å². The molecular formula is C19H16F3N3O2. The minimum Gasteiger partial charge on any atom is -0.489 e. The van der Waals surface area contributed by atoms with Gasteiger partial charge < -0.3 is 10.1 Å². The van der Waals surface area contributed by atoms with Gasteiger partial charge in [-0.2, -0.15) is 5.10 Å². The Morgan fingerprint density at radius 1 is 1.11 bits per heavy atom. The third kappa shape index (κ3) is 4.28. The van der Waals surface area contributed by atoms with Crippen molar-refractivity contribution in [3.8, 4) is 11.4 Å². The maximum atomic E-state index is 13.8. The lowest BCUT2D eigenvalue weighted by Crippen LogP contribution is -2.15. The molecular weight excluding hydrogens is 359 g/mol. The number of carbonyl (C=O) groups excluding carboxylic acids is 1. The Kier molecular flexibility index (Phi) is 5.44. The highest BCUT2D eigenvalue weighted by atomic mass is 19.1. The van der Waals surface area contributed by atoms with Crippen LogP contribution >= 0.6 is 0 Å². The summed E-state index contributed by atoms with van der Waals surface area (Å²) in [7, 11) is 0. The lowest BCUT2D eigenvalue weighted by atomic mass is 10.2. The number of nitrogens with zero attached hydrogens (tertiary/aromatic N) is 2. The van der Waals surface area contributed by atoms with E-state index in [1.54, 1.807) is 0 Å². The van der Waals surface area contributed by atoms with E-state index in [2.05, 4.69) is 10.4 Å². The third-order valence-corrected chi connectivity index (χ3v) is 3.63. The van der Waals surface area contributed by atoms with Gasteiger partial charge in [-0.3, -0.25) is 4.79 Å². The summed E-state index contributed by atoms with van der Waals surface area (Å²) in [6, 6.07) is 8.33. The van der Waals surface area contributed by atoms with Gasteiger partial charge in [0.1, 0.15) is 17.5 Å². The zero-order valence-electron chi connectivity index (χ0n) is 14.4. The fraction of sp³-hybridized carbons (Fsp3) is 0.158. The van der Waals surface area contributed by atoms with Crippen molar-refractivity contribution in [2.24, 2.45) is 0 Å². The van der Waals surface area contributed by atoms with Gasteiger partial charge in [0, 0.05) is 6.07 Å². The second kappa shape index (κ2) is 7.94. The van der Waals surface area contributed by atoms with E-state index < -0.39 is 23.4 Å². The summed E-state index contributed by atoms with van der Waals surface area (Å²) in [5.41, 5.74) is 0.264. The molecule has 0 saturated heterocycles. The lowest BCUT2D eigenvalue weighted by molar-refractivity contribution is 0.101. The number of hydrogen-bond donors (Lipinski definition) is 1. The molecule has 1 heterocycles. The molecule has 5 nitrogen and oxygen atoms in total. The summed E-state index contributed by atoms with van der Waals surface area (Å²) < 4.78 is 46.8. The molecule has 3 rings (SSSR count). The molecule has 0 aliphatic heterocycles. The van der Waals surface area contributed by atoms with E-state index in [9.17, 15) is 18.0 Å². The Bertz CT molecular complexity index is 955. The van der Waals surface area contributed by atoms with Crippen molar-refractivity contribution < 1.29 is 22.7 Å². The van der Waals surface area contributed by atoms with Gasteiger partial charge in [0.2, 0.25) is 0 Å². The van der Waals surface area contributed by atoms with Gasteiger partial charge in [0.05, 0.1) is 24.2 Å². The van der Waals surface area contributed by atoms with E-state index in [0.717, 1.165) is 12.1 Å². The normalized spacial score (nSPS) is 10.7. The fourth-order valence-electron chi connectivity index (χ4n) is 2.33. The van der Waals surface area contributed by atoms with Gasteiger partial charge in [0.15, 0.2) is 11.4 Å². The van der Waals surface area contributed by atoms with Crippen LogP contribution in [0.25, 0.3) is 5.69 Å². The predicted molar refractivity (Wildman–Crippen MR) is 93.6 cm³/mol. The molecule has 0 fully saturated rings. The molecule has 2 aromatic carbocycles. The van der Waals surface area contributed by atoms with Crippen LogP contribution in [0.3, 0.4) is 0 Å². The number of ether oxygens (including phenoxy) is 1. The fourth-order valence-corrected chi connectivity index (χ4v) is 2.33. The van der Waals surface area contributed by atoms with Gasteiger partial charge in [0.25, 0.3) is 5.91 Å². The molecule has 0 aliphatic rings. The summed E-state index contributed by atoms with van der Waals surface area (Å²) in [4.78, 5) is 12.5. The highest BCUT2D eigenvalue weighted by Crippen LogP contribution is 2.23. The Labute approximate surface area is 153 Å². The molecule has 1 N–H and O–H groups in total. The number of anilines is 1. The van der Waals surface area contributed by atoms with Crippen LogP contribution in [-0.2, 0) is 0 Å². The minimum atomic E-state index is -0.905. The third-order valence-electron chi connectivity index (χ3n) is 3.63. The summed E-state index contributed by atoms with van der Waals surface area (Å²) in [5.74, 6) is -2.58. The highest BCUT2D eigenvalue weighted by Gasteiger charge is 2.20. The van der Waals surface area contributed by atoms with Crippen LogP contribution in [0.1, 0.15) is 23.8 Å². The maximum absolute atomic E-state index is 13.8. The summed E-state index contributed by atoms with van der Waals surface area (Å²) in [6.45, 7) is 2.25. The SMILES string of the molecule is CCCOc1cn(-c2ccc(F)cc2)nc1C(=O)Nc1ccc(F)cc1F. The van der Waals surface area contributed by atoms with Gasteiger partial charge in [-0.05, 0) is 42.8 Å². The quantitative estimate of drug-likeness (QED) is 0.698. The number of benzene rings is 2. The van der Waals surface area contributed by atoms with Crippen molar-refractivity contribution in [3.05, 3.63) is 71.8 Å². The first kappa shape index (κ1) is 18.5. The molecule has 8 heteroatoms. The van der Waals surface area contributed by atoms with E-state index in [0.29, 0.717) is 24.8 Å². The van der Waals surface area contributed by atoms with Gasteiger partial charge in [-0.1, -0.05) is 6.92 Å². The molecule has 0 saturated carbocycles. The molecule has 0 aliphatic carbocycles. The Morgan fingerprint density at radius 2 is 1.81 bits per heavy atom. The topological polar surface area (TPSA) is 56.2 Å². The Morgan fingerprint density at radius 3 is 2.48 bits per heavy atom. The number of carbonyl (C=O) groups is 1. The average molecular weight is 375 g/mol. The molecule has 0 unspecified atom stereocenters. The van der Waals surface area contributed by atoms with Crippen LogP contribution in [-0.4, -0.2) is 22.3 Å². The van der Waals surface area contributed by atoms with Crippen LogP contribution < -0.4 is 10.1 Å². The molecule has 0 spiro atoms. The van der Waals surface area contributed by atoms with Crippen LogP contribution in [0.5, 0.6) is 5.75 Å². The monoisotopic (exact) mass is 375 g/mol. The van der Waals surface area contributed by atoms with E-state index in [1.165, 1.54) is 35.1 Å². The van der Waals surface area contributed by atoms with Crippen LogP contribution in [0.2, 0.25) is 0 Å². The van der Waals surface area contributed by atoms with Gasteiger partial charge >= 0.3 is 0 Å². The van der Waals surface area contributed by atoms with E-state index in [-0.39, 0.29) is 17.1 Å². The molecule has 1 aromatic heterocycles. The smallest absolute Gasteiger partial charge is 0.280 e. The Balaban J connectivity index is 1.91. The molecule has 0 radical (unpaired) electrons. The number of halogens is 3. The van der Waals surface area contributed by atoms with Gasteiger partial charge in [-0.15, -0.1) is 0 Å². The molecule has 0 atom stereocenters. The minimum absolute atomic E-state index is 0.0727. The Hall–Kier alpha value is -3.29. The second-order valence-corrected chi connectivity index (χ2v) is 5.69. The molecule has 0 bridgehead atoms. The molecule has 27 heavy (non-hydrogen) atoms. The van der Waals surface area contributed by atoms with E-state index in [4.69, 9.17) is 4.74 Å². The van der Waals surface area contributed by atoms with Crippen molar-refractivity contribution in [1.29, 1.82) is 0 Å². The second-order valence-electron chi connectivity index (χ2n) is 5.69. The summed E-state index contributed by atoms with van der Waals surface area (Å²) in [6.07, 6.45) is 2.19. The van der Waals surface area contributed by atoms with Crippen molar-refractivity contribution in [1.82, 2.24) is 9.78 Å². The van der Waals surface area contributed by atoms with Crippen molar-refractivity contribution in [2.45, 2.75) is 13.3 Å². The standard InChI is InChI=1S/C19H16F3N3O2/c1-2-9-27-17-11-25(14-6-3-12(20)4-7-14)24-18(17)19(26)23-16-8-5-13(21)10-15(16)22/h3-8,10-11H,2,9H2,1H3,(H,23,26). The molecule has 1 amide bonds. The predicted octanol–water partition coefficient (Wildman–Crippen LogP) is 4.33.